The lowest BCUT2D eigenvalue weighted by Gasteiger charge is -2.16. The molecule has 0 saturated heterocycles. The molecule has 1 heterocycles. The van der Waals surface area contributed by atoms with E-state index in [0.717, 1.165) is 5.39 Å². The molecule has 2 aromatic rings. The van der Waals surface area contributed by atoms with Gasteiger partial charge in [-0.15, -0.1) is 0 Å². The molecule has 18 heavy (non-hydrogen) atoms. The predicted octanol–water partition coefficient (Wildman–Crippen LogP) is 1.79. The first-order valence-electron chi connectivity index (χ1n) is 5.57. The number of nitriles is 1. The molecule has 0 unspecified atom stereocenters. The molecule has 0 radical (unpaired) electrons. The Bertz CT molecular complexity index is 622. The van der Waals surface area contributed by atoms with Crippen LogP contribution >= 0.6 is 0 Å². The Morgan fingerprint density at radius 3 is 2.94 bits per heavy atom. The average Bonchev–Trinajstić information content (AvgIpc) is 2.72. The molecule has 1 aromatic carbocycles. The summed E-state index contributed by atoms with van der Waals surface area (Å²) in [6.45, 7) is 3.29. The molecule has 1 amide bonds. The molecule has 1 aromatic heterocycles. The number of carbonyl (C=O) groups is 1. The summed E-state index contributed by atoms with van der Waals surface area (Å²) in [5.41, 5.74) is 0.355. The number of nitrogens with one attached hydrogen (secondary N) is 1. The summed E-state index contributed by atoms with van der Waals surface area (Å²) in [4.78, 5) is 11.8. The highest BCUT2D eigenvalue weighted by Gasteiger charge is 2.20. The first kappa shape index (κ1) is 12.1. The van der Waals surface area contributed by atoms with Crippen LogP contribution in [0.25, 0.3) is 11.0 Å². The molecular weight excluding hydrogens is 230 g/mol. The van der Waals surface area contributed by atoms with Gasteiger partial charge in [-0.05, 0) is 26.0 Å². The van der Waals surface area contributed by atoms with Crippen LogP contribution in [0.1, 0.15) is 19.5 Å². The smallest absolute Gasteiger partial charge is 0.227 e. The SMILES string of the molecule is CC(C)(C#N)NC(=O)Cc1noc2ccccc12. The summed E-state index contributed by atoms with van der Waals surface area (Å²) in [6.07, 6.45) is 0.0993. The summed E-state index contributed by atoms with van der Waals surface area (Å²) >= 11 is 0. The maximum atomic E-state index is 11.8. The lowest BCUT2D eigenvalue weighted by molar-refractivity contribution is -0.121. The molecule has 5 heteroatoms. The molecule has 5 nitrogen and oxygen atoms in total. The van der Waals surface area contributed by atoms with E-state index in [-0.39, 0.29) is 12.3 Å². The molecule has 0 fully saturated rings. The number of nitrogens with zero attached hydrogens (tertiary/aromatic N) is 2. The van der Waals surface area contributed by atoms with Crippen LogP contribution < -0.4 is 5.32 Å². The Hall–Kier alpha value is -2.35. The van der Waals surface area contributed by atoms with Crippen molar-refractivity contribution in [2.24, 2.45) is 0 Å². The van der Waals surface area contributed by atoms with E-state index in [1.165, 1.54) is 0 Å². The third kappa shape index (κ3) is 2.48. The van der Waals surface area contributed by atoms with Crippen LogP contribution in [0.3, 0.4) is 0 Å². The Balaban J connectivity index is 2.15. The van der Waals surface area contributed by atoms with Gasteiger partial charge >= 0.3 is 0 Å². The number of amides is 1. The summed E-state index contributed by atoms with van der Waals surface area (Å²) in [5, 5.41) is 16.2. The average molecular weight is 243 g/mol. The van der Waals surface area contributed by atoms with Gasteiger partial charge < -0.3 is 9.84 Å². The number of benzene rings is 1. The van der Waals surface area contributed by atoms with Crippen molar-refractivity contribution in [1.82, 2.24) is 10.5 Å². The number of hydrogen-bond donors (Lipinski definition) is 1. The topological polar surface area (TPSA) is 78.9 Å². The lowest BCUT2D eigenvalue weighted by atomic mass is 10.1. The van der Waals surface area contributed by atoms with Crippen LogP contribution in [0.15, 0.2) is 28.8 Å². The molecular formula is C13H13N3O2. The standard InChI is InChI=1S/C13H13N3O2/c1-13(2,8-14)15-12(17)7-10-9-5-3-4-6-11(9)18-16-10/h3-6H,7H2,1-2H3,(H,15,17). The predicted molar refractivity (Wildman–Crippen MR) is 65.5 cm³/mol. The number of carbonyl (C=O) groups excluding carboxylic acids is 1. The van der Waals surface area contributed by atoms with Crippen LogP contribution in [0.4, 0.5) is 0 Å². The minimum atomic E-state index is -0.878. The monoisotopic (exact) mass is 243 g/mol. The molecule has 0 aliphatic carbocycles. The van der Waals surface area contributed by atoms with Crippen LogP contribution in [0.2, 0.25) is 0 Å². The Morgan fingerprint density at radius 1 is 1.50 bits per heavy atom. The van der Waals surface area contributed by atoms with Gasteiger partial charge in [0.25, 0.3) is 0 Å². The Kier molecular flexibility index (Phi) is 3.02. The minimum Gasteiger partial charge on any atom is -0.356 e. The molecule has 0 atom stereocenters. The van der Waals surface area contributed by atoms with Gasteiger partial charge in [-0.3, -0.25) is 4.79 Å². The van der Waals surface area contributed by atoms with Gasteiger partial charge in [0.15, 0.2) is 5.58 Å². The van der Waals surface area contributed by atoms with Crippen molar-refractivity contribution >= 4 is 16.9 Å². The first-order chi connectivity index (χ1) is 8.52. The van der Waals surface area contributed by atoms with E-state index in [9.17, 15) is 4.79 Å². The zero-order valence-electron chi connectivity index (χ0n) is 10.2. The molecule has 0 spiro atoms. The van der Waals surface area contributed by atoms with Crippen LogP contribution in [0, 0.1) is 11.3 Å². The Labute approximate surface area is 104 Å². The van der Waals surface area contributed by atoms with Crippen molar-refractivity contribution < 1.29 is 9.32 Å². The van der Waals surface area contributed by atoms with E-state index in [1.807, 2.05) is 24.3 Å². The first-order valence-corrected chi connectivity index (χ1v) is 5.57. The van der Waals surface area contributed by atoms with Crippen molar-refractivity contribution in [2.75, 3.05) is 0 Å². The van der Waals surface area contributed by atoms with E-state index in [0.29, 0.717) is 11.3 Å². The minimum absolute atomic E-state index is 0.0993. The quantitative estimate of drug-likeness (QED) is 0.891. The second-order valence-electron chi connectivity index (χ2n) is 4.59. The van der Waals surface area contributed by atoms with Crippen LogP contribution in [-0.2, 0) is 11.2 Å². The molecule has 0 aliphatic heterocycles. The molecule has 0 bridgehead atoms. The molecule has 92 valence electrons. The fourth-order valence-corrected chi connectivity index (χ4v) is 1.64. The molecule has 2 rings (SSSR count). The normalized spacial score (nSPS) is 11.2. The van der Waals surface area contributed by atoms with Crippen LogP contribution in [0.5, 0.6) is 0 Å². The molecule has 0 aliphatic rings. The number of para-hydroxylation sites is 1. The van der Waals surface area contributed by atoms with Gasteiger partial charge in [-0.25, -0.2) is 0 Å². The highest BCUT2D eigenvalue weighted by molar-refractivity contribution is 5.86. The summed E-state index contributed by atoms with van der Waals surface area (Å²) in [6, 6.07) is 9.36. The van der Waals surface area contributed by atoms with Crippen molar-refractivity contribution in [1.29, 1.82) is 5.26 Å². The maximum absolute atomic E-state index is 11.8. The van der Waals surface area contributed by atoms with Gasteiger partial charge in [0.05, 0.1) is 12.5 Å². The highest BCUT2D eigenvalue weighted by atomic mass is 16.5. The summed E-state index contributed by atoms with van der Waals surface area (Å²) < 4.78 is 5.11. The van der Waals surface area contributed by atoms with Gasteiger partial charge in [0.1, 0.15) is 11.2 Å². The van der Waals surface area contributed by atoms with Gasteiger partial charge in [0, 0.05) is 5.39 Å². The third-order valence-electron chi connectivity index (χ3n) is 2.51. The zero-order valence-corrected chi connectivity index (χ0v) is 10.2. The highest BCUT2D eigenvalue weighted by Crippen LogP contribution is 2.18. The number of hydrogen-bond acceptors (Lipinski definition) is 4. The maximum Gasteiger partial charge on any atom is 0.227 e. The molecule has 1 N–H and O–H groups in total. The number of aromatic nitrogens is 1. The van der Waals surface area contributed by atoms with Crippen LogP contribution in [-0.4, -0.2) is 16.6 Å². The Morgan fingerprint density at radius 2 is 2.22 bits per heavy atom. The van der Waals surface area contributed by atoms with Crippen molar-refractivity contribution in [3.8, 4) is 6.07 Å². The largest absolute Gasteiger partial charge is 0.356 e. The summed E-state index contributed by atoms with van der Waals surface area (Å²) in [7, 11) is 0. The number of fused-ring (bicyclic) bond motifs is 1. The van der Waals surface area contributed by atoms with Crippen molar-refractivity contribution in [3.63, 3.8) is 0 Å². The van der Waals surface area contributed by atoms with E-state index in [1.54, 1.807) is 19.9 Å². The summed E-state index contributed by atoms with van der Waals surface area (Å²) in [5.74, 6) is -0.249. The second-order valence-corrected chi connectivity index (χ2v) is 4.59. The van der Waals surface area contributed by atoms with E-state index < -0.39 is 5.54 Å². The fourth-order valence-electron chi connectivity index (χ4n) is 1.64. The van der Waals surface area contributed by atoms with Gasteiger partial charge in [0.2, 0.25) is 5.91 Å². The zero-order chi connectivity index (χ0) is 13.2. The van der Waals surface area contributed by atoms with Gasteiger partial charge in [-0.1, -0.05) is 17.3 Å². The van der Waals surface area contributed by atoms with E-state index in [4.69, 9.17) is 9.78 Å². The molecule has 0 saturated carbocycles. The fraction of sp³-hybridized carbons (Fsp3) is 0.308. The van der Waals surface area contributed by atoms with Crippen molar-refractivity contribution in [2.45, 2.75) is 25.8 Å². The second kappa shape index (κ2) is 4.49. The lowest BCUT2D eigenvalue weighted by Crippen LogP contribution is -2.42. The van der Waals surface area contributed by atoms with Gasteiger partial charge in [-0.2, -0.15) is 5.26 Å². The van der Waals surface area contributed by atoms with E-state index in [2.05, 4.69) is 10.5 Å². The third-order valence-corrected chi connectivity index (χ3v) is 2.51. The number of rotatable bonds is 3. The van der Waals surface area contributed by atoms with E-state index >= 15 is 0 Å². The van der Waals surface area contributed by atoms with Crippen molar-refractivity contribution in [3.05, 3.63) is 30.0 Å².